The van der Waals surface area contributed by atoms with Crippen LogP contribution in [0.25, 0.3) is 0 Å². The summed E-state index contributed by atoms with van der Waals surface area (Å²) in [6.07, 6.45) is 3.63. The largest absolute Gasteiger partial charge is 0.261 e. The van der Waals surface area contributed by atoms with E-state index in [0.29, 0.717) is 0 Å². The van der Waals surface area contributed by atoms with Crippen LogP contribution in [-0.4, -0.2) is 9.97 Å². The summed E-state index contributed by atoms with van der Waals surface area (Å²) in [7, 11) is 0. The van der Waals surface area contributed by atoms with Gasteiger partial charge in [-0.1, -0.05) is 32.9 Å². The predicted octanol–water partition coefficient (Wildman–Crippen LogP) is 3.65. The van der Waals surface area contributed by atoms with Crippen molar-refractivity contribution in [2.75, 3.05) is 0 Å². The number of pyridine rings is 2. The quantitative estimate of drug-likeness (QED) is 0.762. The Morgan fingerprint density at radius 2 is 1.25 bits per heavy atom. The van der Waals surface area contributed by atoms with Crippen LogP contribution in [-0.2, 0) is 0 Å². The summed E-state index contributed by atoms with van der Waals surface area (Å²) in [4.78, 5) is 8.63. The zero-order valence-electron chi connectivity index (χ0n) is 10.1. The van der Waals surface area contributed by atoms with Crippen LogP contribution in [0.5, 0.6) is 0 Å². The summed E-state index contributed by atoms with van der Waals surface area (Å²) in [5.41, 5.74) is 2.12. The van der Waals surface area contributed by atoms with Gasteiger partial charge in [-0.2, -0.15) is 0 Å². The fourth-order valence-corrected chi connectivity index (χ4v) is 1.42. The molecule has 0 aromatic carbocycles. The average Bonchev–Trinajstić information content (AvgIpc) is 2.42. The first-order chi connectivity index (χ1) is 7.88. The fourth-order valence-electron chi connectivity index (χ4n) is 1.42. The molecular weight excluding hydrogens is 196 g/mol. The van der Waals surface area contributed by atoms with Gasteiger partial charge in [-0.3, -0.25) is 9.97 Å². The summed E-state index contributed by atoms with van der Waals surface area (Å²) in [5.74, 6) is 0.261. The molecule has 2 rings (SSSR count). The molecule has 2 nitrogen and oxygen atoms in total. The lowest BCUT2D eigenvalue weighted by Crippen LogP contribution is -2.00. The highest BCUT2D eigenvalue weighted by molar-refractivity contribution is 5.21. The van der Waals surface area contributed by atoms with Crippen molar-refractivity contribution in [3.05, 3.63) is 60.2 Å². The number of hydrogen-bond acceptors (Lipinski definition) is 2. The molecule has 2 aromatic rings. The van der Waals surface area contributed by atoms with Gasteiger partial charge in [-0.15, -0.1) is 0 Å². The van der Waals surface area contributed by atoms with Gasteiger partial charge in [0.05, 0.1) is 0 Å². The van der Waals surface area contributed by atoms with E-state index in [2.05, 4.69) is 16.9 Å². The van der Waals surface area contributed by atoms with E-state index in [1.54, 1.807) is 0 Å². The standard InChI is InChI=1S/C12H12N2.C2H6/c1-10(11-6-2-4-8-13-11)12-7-3-5-9-14-12;1-2/h2-10H,1H3;1-2H3. The van der Waals surface area contributed by atoms with Gasteiger partial charge in [0.1, 0.15) is 0 Å². The SMILES string of the molecule is CC.CC(c1ccccn1)c1ccccn1. The highest BCUT2D eigenvalue weighted by Gasteiger charge is 2.09. The van der Waals surface area contributed by atoms with Crippen molar-refractivity contribution >= 4 is 0 Å². The normalized spacial score (nSPS) is 9.50. The summed E-state index contributed by atoms with van der Waals surface area (Å²) in [5, 5.41) is 0. The van der Waals surface area contributed by atoms with Gasteiger partial charge in [-0.25, -0.2) is 0 Å². The van der Waals surface area contributed by atoms with Crippen molar-refractivity contribution < 1.29 is 0 Å². The van der Waals surface area contributed by atoms with E-state index in [4.69, 9.17) is 0 Å². The third-order valence-corrected chi connectivity index (χ3v) is 2.26. The molecule has 2 heteroatoms. The highest BCUT2D eigenvalue weighted by Crippen LogP contribution is 2.19. The average molecular weight is 214 g/mol. The lowest BCUT2D eigenvalue weighted by molar-refractivity contribution is 0.832. The molecule has 0 saturated heterocycles. The Labute approximate surface area is 97.4 Å². The first kappa shape index (κ1) is 12.4. The maximum absolute atomic E-state index is 4.32. The Kier molecular flexibility index (Phi) is 5.20. The summed E-state index contributed by atoms with van der Waals surface area (Å²) < 4.78 is 0. The molecule has 0 unspecified atom stereocenters. The van der Waals surface area contributed by atoms with Crippen LogP contribution in [0.4, 0.5) is 0 Å². The Bertz CT molecular complexity index is 344. The minimum Gasteiger partial charge on any atom is -0.261 e. The summed E-state index contributed by atoms with van der Waals surface area (Å²) in [6.45, 7) is 6.12. The number of aromatic nitrogens is 2. The smallest absolute Gasteiger partial charge is 0.0491 e. The van der Waals surface area contributed by atoms with E-state index >= 15 is 0 Å². The van der Waals surface area contributed by atoms with E-state index in [1.807, 2.05) is 62.6 Å². The Morgan fingerprint density at radius 1 is 0.812 bits per heavy atom. The molecule has 0 aliphatic heterocycles. The van der Waals surface area contributed by atoms with Crippen LogP contribution >= 0.6 is 0 Å². The molecule has 0 amide bonds. The first-order valence-electron chi connectivity index (χ1n) is 5.70. The second kappa shape index (κ2) is 6.72. The predicted molar refractivity (Wildman–Crippen MR) is 67.3 cm³/mol. The van der Waals surface area contributed by atoms with E-state index in [1.165, 1.54) is 0 Å². The Hall–Kier alpha value is -1.70. The molecule has 0 bridgehead atoms. The topological polar surface area (TPSA) is 25.8 Å². The maximum Gasteiger partial charge on any atom is 0.0491 e. The van der Waals surface area contributed by atoms with Gasteiger partial charge >= 0.3 is 0 Å². The van der Waals surface area contributed by atoms with E-state index < -0.39 is 0 Å². The molecular formula is C14H18N2. The zero-order valence-corrected chi connectivity index (χ0v) is 10.1. The molecule has 0 fully saturated rings. The first-order valence-corrected chi connectivity index (χ1v) is 5.70. The fraction of sp³-hybridized carbons (Fsp3) is 0.286. The van der Waals surface area contributed by atoms with Gasteiger partial charge in [0, 0.05) is 29.7 Å². The summed E-state index contributed by atoms with van der Waals surface area (Å²) >= 11 is 0. The van der Waals surface area contributed by atoms with Gasteiger partial charge < -0.3 is 0 Å². The minimum absolute atomic E-state index is 0.261. The van der Waals surface area contributed by atoms with Crippen LogP contribution < -0.4 is 0 Å². The van der Waals surface area contributed by atoms with Crippen molar-refractivity contribution in [1.29, 1.82) is 0 Å². The molecule has 2 aromatic heterocycles. The molecule has 0 spiro atoms. The Morgan fingerprint density at radius 3 is 1.56 bits per heavy atom. The lowest BCUT2D eigenvalue weighted by Gasteiger charge is -2.09. The number of hydrogen-bond donors (Lipinski definition) is 0. The van der Waals surface area contributed by atoms with Crippen LogP contribution in [0.15, 0.2) is 48.8 Å². The highest BCUT2D eigenvalue weighted by atomic mass is 14.7. The van der Waals surface area contributed by atoms with Crippen molar-refractivity contribution in [1.82, 2.24) is 9.97 Å². The van der Waals surface area contributed by atoms with Crippen LogP contribution in [0.1, 0.15) is 38.1 Å². The minimum atomic E-state index is 0.261. The second-order valence-corrected chi connectivity index (χ2v) is 3.23. The van der Waals surface area contributed by atoms with Crippen LogP contribution in [0.3, 0.4) is 0 Å². The molecule has 0 N–H and O–H groups in total. The monoisotopic (exact) mass is 214 g/mol. The van der Waals surface area contributed by atoms with Crippen molar-refractivity contribution in [2.45, 2.75) is 26.7 Å². The van der Waals surface area contributed by atoms with Gasteiger partial charge in [0.15, 0.2) is 0 Å². The maximum atomic E-state index is 4.32. The third-order valence-electron chi connectivity index (χ3n) is 2.26. The van der Waals surface area contributed by atoms with E-state index in [0.717, 1.165) is 11.4 Å². The van der Waals surface area contributed by atoms with E-state index in [-0.39, 0.29) is 5.92 Å². The molecule has 0 aliphatic rings. The summed E-state index contributed by atoms with van der Waals surface area (Å²) in [6, 6.07) is 11.9. The molecule has 84 valence electrons. The number of rotatable bonds is 2. The van der Waals surface area contributed by atoms with Crippen LogP contribution in [0, 0.1) is 0 Å². The van der Waals surface area contributed by atoms with E-state index in [9.17, 15) is 0 Å². The molecule has 0 radical (unpaired) electrons. The van der Waals surface area contributed by atoms with Gasteiger partial charge in [0.2, 0.25) is 0 Å². The lowest BCUT2D eigenvalue weighted by atomic mass is 10.0. The van der Waals surface area contributed by atoms with Crippen molar-refractivity contribution in [2.24, 2.45) is 0 Å². The van der Waals surface area contributed by atoms with Crippen molar-refractivity contribution in [3.63, 3.8) is 0 Å². The molecule has 16 heavy (non-hydrogen) atoms. The Balaban J connectivity index is 0.000000606. The third kappa shape index (κ3) is 3.16. The second-order valence-electron chi connectivity index (χ2n) is 3.23. The van der Waals surface area contributed by atoms with Gasteiger partial charge in [-0.05, 0) is 24.3 Å². The van der Waals surface area contributed by atoms with Gasteiger partial charge in [0.25, 0.3) is 0 Å². The zero-order chi connectivity index (χ0) is 11.8. The number of nitrogens with zero attached hydrogens (tertiary/aromatic N) is 2. The van der Waals surface area contributed by atoms with Crippen molar-refractivity contribution in [3.8, 4) is 0 Å². The molecule has 0 saturated carbocycles. The molecule has 0 aliphatic carbocycles. The van der Waals surface area contributed by atoms with Crippen LogP contribution in [0.2, 0.25) is 0 Å². The molecule has 0 atom stereocenters. The molecule has 2 heterocycles.